The Morgan fingerprint density at radius 1 is 0.300 bits per heavy atom. The summed E-state index contributed by atoms with van der Waals surface area (Å²) in [6, 6.07) is 34.8. The van der Waals surface area contributed by atoms with Crippen molar-refractivity contribution in [3.05, 3.63) is 146 Å². The van der Waals surface area contributed by atoms with E-state index in [1.807, 2.05) is 109 Å². The fourth-order valence-electron chi connectivity index (χ4n) is 3.09. The van der Waals surface area contributed by atoms with Crippen molar-refractivity contribution in [2.24, 2.45) is 0 Å². The smallest absolute Gasteiger partial charge is 0.0886 e. The van der Waals surface area contributed by atoms with Gasteiger partial charge in [-0.15, -0.1) is 0 Å². The second-order valence-corrected chi connectivity index (χ2v) is 14.9. The number of halogens is 3. The second-order valence-electron chi connectivity index (χ2n) is 7.43. The molecule has 0 saturated heterocycles. The molecule has 6 aromatic rings. The molecule has 0 radical (unpaired) electrons. The Hall–Kier alpha value is -3.61. The molecule has 0 spiro atoms. The van der Waals surface area contributed by atoms with Crippen molar-refractivity contribution in [3.8, 4) is 34.2 Å². The van der Waals surface area contributed by atoms with Crippen molar-refractivity contribution in [2.75, 3.05) is 0 Å². The van der Waals surface area contributed by atoms with Gasteiger partial charge in [-0.1, -0.05) is 36.4 Å². The molecule has 6 aromatic heterocycles. The monoisotopic (exact) mass is 676 g/mol. The molecule has 0 aliphatic rings. The molecule has 6 nitrogen and oxygen atoms in total. The minimum Gasteiger partial charge on any atom is -0.255 e. The summed E-state index contributed by atoms with van der Waals surface area (Å²) in [6.07, 6.45) is 10.6. The van der Waals surface area contributed by atoms with Crippen LogP contribution < -0.4 is 0 Å². The van der Waals surface area contributed by atoms with E-state index in [4.69, 9.17) is 29.1 Å². The van der Waals surface area contributed by atoms with Crippen molar-refractivity contribution in [1.29, 1.82) is 0 Å². The van der Waals surface area contributed by atoms with E-state index in [2.05, 4.69) is 29.9 Å². The predicted octanol–water partition coefficient (Wildman–Crippen LogP) is 8.50. The molecule has 0 N–H and O–H groups in total. The van der Waals surface area contributed by atoms with Crippen LogP contribution in [0.2, 0.25) is 0 Å². The van der Waals surface area contributed by atoms with Gasteiger partial charge in [0, 0.05) is 37.2 Å². The first-order chi connectivity index (χ1) is 19.6. The van der Waals surface area contributed by atoms with Gasteiger partial charge in [-0.2, -0.15) is 0 Å². The van der Waals surface area contributed by atoms with E-state index in [0.29, 0.717) is 0 Å². The third-order valence-electron chi connectivity index (χ3n) is 4.78. The van der Waals surface area contributed by atoms with Gasteiger partial charge in [-0.05, 0) is 72.8 Å². The molecule has 6 heterocycles. The van der Waals surface area contributed by atoms with Crippen LogP contribution in [0.5, 0.6) is 0 Å². The zero-order chi connectivity index (χ0) is 28.3. The summed E-state index contributed by atoms with van der Waals surface area (Å²) in [7, 11) is 14.8. The van der Waals surface area contributed by atoms with Gasteiger partial charge in [0.25, 0.3) is 0 Å². The number of rotatable bonds is 3. The summed E-state index contributed by atoms with van der Waals surface area (Å²) in [5, 5.41) is 0. The van der Waals surface area contributed by atoms with E-state index in [-0.39, 0.29) is 0 Å². The Kier molecular flexibility index (Phi) is 14.4. The van der Waals surface area contributed by atoms with Gasteiger partial charge in [0.2, 0.25) is 0 Å². The topological polar surface area (TPSA) is 77.3 Å². The molecular weight excluding hydrogens is 654 g/mol. The molecule has 0 saturated carbocycles. The number of pyridine rings is 6. The van der Waals surface area contributed by atoms with Crippen LogP contribution in [0.3, 0.4) is 0 Å². The van der Waals surface area contributed by atoms with E-state index in [0.717, 1.165) is 34.2 Å². The first-order valence-electron chi connectivity index (χ1n) is 11.8. The minimum absolute atomic E-state index is 0.915. The van der Waals surface area contributed by atoms with E-state index in [1.165, 1.54) is 0 Å². The maximum absolute atomic E-state index is 4.94. The van der Waals surface area contributed by atoms with Crippen LogP contribution in [0.15, 0.2) is 146 Å². The van der Waals surface area contributed by atoms with Crippen LogP contribution in [0.1, 0.15) is 0 Å². The molecule has 40 heavy (non-hydrogen) atoms. The van der Waals surface area contributed by atoms with E-state index < -0.39 is 13.0 Å². The van der Waals surface area contributed by atoms with Gasteiger partial charge in [0.05, 0.1) is 34.2 Å². The molecule has 0 aliphatic carbocycles. The molecule has 6 rings (SSSR count). The van der Waals surface area contributed by atoms with Gasteiger partial charge in [-0.25, -0.2) is 0 Å². The molecule has 0 unspecified atom stereocenters. The van der Waals surface area contributed by atoms with Crippen molar-refractivity contribution in [3.63, 3.8) is 0 Å². The summed E-state index contributed by atoms with van der Waals surface area (Å²) < 4.78 is 0. The molecule has 0 fully saturated rings. The third-order valence-corrected chi connectivity index (χ3v) is 4.78. The van der Waals surface area contributed by atoms with Crippen molar-refractivity contribution >= 4 is 29.1 Å². The SMILES string of the molecule is [Cl][Rh]([Cl])[Cl].c1ccc(-c2ccccn2)nc1.c1ccc(-c2ccccn2)nc1.c1ccc(-c2ccccn2)nc1. The van der Waals surface area contributed by atoms with Crippen molar-refractivity contribution in [1.82, 2.24) is 29.9 Å². The van der Waals surface area contributed by atoms with Gasteiger partial charge < -0.3 is 0 Å². The summed E-state index contributed by atoms with van der Waals surface area (Å²) in [5.74, 6) is 0. The fraction of sp³-hybridized carbons (Fsp3) is 0. The molecule has 0 amide bonds. The molecule has 0 bridgehead atoms. The summed E-state index contributed by atoms with van der Waals surface area (Å²) >= 11 is -1.66. The van der Waals surface area contributed by atoms with Crippen LogP contribution >= 0.6 is 29.1 Å². The molecule has 0 aliphatic heterocycles. The summed E-state index contributed by atoms with van der Waals surface area (Å²) in [6.45, 7) is 0. The first kappa shape index (κ1) is 30.9. The summed E-state index contributed by atoms with van der Waals surface area (Å²) in [5.41, 5.74) is 5.49. The normalized spacial score (nSPS) is 9.82. The number of hydrogen-bond donors (Lipinski definition) is 0. The van der Waals surface area contributed by atoms with Gasteiger partial charge in [0.15, 0.2) is 0 Å². The predicted molar refractivity (Wildman–Crippen MR) is 160 cm³/mol. The Bertz CT molecular complexity index is 1160. The van der Waals surface area contributed by atoms with Gasteiger partial charge in [-0.3, -0.25) is 29.9 Å². The quantitative estimate of drug-likeness (QED) is 0.175. The molecule has 204 valence electrons. The van der Waals surface area contributed by atoms with Crippen molar-refractivity contribution in [2.45, 2.75) is 0 Å². The Morgan fingerprint density at radius 2 is 0.450 bits per heavy atom. The number of nitrogens with zero attached hydrogens (tertiary/aromatic N) is 6. The van der Waals surface area contributed by atoms with Crippen LogP contribution in [-0.4, -0.2) is 29.9 Å². The average Bonchev–Trinajstić information content (AvgIpc) is 3.04. The minimum atomic E-state index is -1.66. The second kappa shape index (κ2) is 18.6. The molecule has 0 atom stereocenters. The molecule has 0 aromatic carbocycles. The Morgan fingerprint density at radius 3 is 0.550 bits per heavy atom. The van der Waals surface area contributed by atoms with Crippen LogP contribution in [0.25, 0.3) is 34.2 Å². The maximum atomic E-state index is 4.94. The molecular formula is C30H24Cl3N6Rh. The largest absolute Gasteiger partial charge is 0.255 e. The maximum Gasteiger partial charge on any atom is 0.0886 e. The summed E-state index contributed by atoms with van der Waals surface area (Å²) in [4.78, 5) is 25.1. The van der Waals surface area contributed by atoms with Gasteiger partial charge >= 0.3 is 42.1 Å². The van der Waals surface area contributed by atoms with E-state index in [1.54, 1.807) is 37.2 Å². The zero-order valence-corrected chi connectivity index (χ0v) is 24.9. The number of aromatic nitrogens is 6. The average molecular weight is 678 g/mol. The van der Waals surface area contributed by atoms with Crippen LogP contribution in [0.4, 0.5) is 0 Å². The Labute approximate surface area is 251 Å². The first-order valence-corrected chi connectivity index (χ1v) is 18.1. The Balaban J connectivity index is 0.000000155. The van der Waals surface area contributed by atoms with Crippen molar-refractivity contribution < 1.29 is 13.0 Å². The van der Waals surface area contributed by atoms with E-state index in [9.17, 15) is 0 Å². The van der Waals surface area contributed by atoms with E-state index >= 15 is 0 Å². The zero-order valence-electron chi connectivity index (χ0n) is 21.0. The standard InChI is InChI=1S/3C10H8N2.3ClH.Rh/c3*1-3-7-11-9(5-1)10-6-2-4-8-12-10;;;;/h3*1-8H;3*1H;/q;;;;;;+3/p-3. The van der Waals surface area contributed by atoms with Crippen LogP contribution in [-0.2, 0) is 13.0 Å². The van der Waals surface area contributed by atoms with Gasteiger partial charge in [0.1, 0.15) is 0 Å². The fourth-order valence-corrected chi connectivity index (χ4v) is 3.09. The number of hydrogen-bond acceptors (Lipinski definition) is 6. The molecule has 10 heteroatoms. The van der Waals surface area contributed by atoms with Crippen LogP contribution in [0, 0.1) is 0 Å². The third kappa shape index (κ3) is 12.1.